The molecule has 2 amide bonds. The van der Waals surface area contributed by atoms with Gasteiger partial charge in [0.2, 0.25) is 5.91 Å². The minimum Gasteiger partial charge on any atom is -0.328 e. The van der Waals surface area contributed by atoms with Gasteiger partial charge in [-0.3, -0.25) is 19.3 Å². The van der Waals surface area contributed by atoms with Crippen LogP contribution in [0.5, 0.6) is 0 Å². The third kappa shape index (κ3) is 3.27. The standard InChI is InChI=1S/C11H18N2O3/c1-5-10(15)13(8(4)14)9(6-12)11(16)7(2)3/h5,7,9H,1,6,12H2,2-4H3. The van der Waals surface area contributed by atoms with E-state index in [1.807, 2.05) is 0 Å². The summed E-state index contributed by atoms with van der Waals surface area (Å²) in [4.78, 5) is 35.4. The molecule has 0 rings (SSSR count). The Morgan fingerprint density at radius 1 is 1.38 bits per heavy atom. The Morgan fingerprint density at radius 2 is 1.88 bits per heavy atom. The molecule has 90 valence electrons. The van der Waals surface area contributed by atoms with Crippen molar-refractivity contribution in [3.05, 3.63) is 12.7 Å². The molecular formula is C11H18N2O3. The molecule has 0 radical (unpaired) electrons. The van der Waals surface area contributed by atoms with Crippen molar-refractivity contribution < 1.29 is 14.4 Å². The van der Waals surface area contributed by atoms with Gasteiger partial charge in [0.15, 0.2) is 5.78 Å². The molecule has 0 aromatic heterocycles. The molecule has 0 saturated heterocycles. The van der Waals surface area contributed by atoms with Gasteiger partial charge in [0.25, 0.3) is 5.91 Å². The van der Waals surface area contributed by atoms with Crippen LogP contribution in [-0.4, -0.2) is 35.1 Å². The highest BCUT2D eigenvalue weighted by atomic mass is 16.2. The van der Waals surface area contributed by atoms with Crippen molar-refractivity contribution in [2.24, 2.45) is 11.7 Å². The van der Waals surface area contributed by atoms with Gasteiger partial charge in [0, 0.05) is 19.4 Å². The number of ketones is 1. The van der Waals surface area contributed by atoms with Gasteiger partial charge in [-0.25, -0.2) is 0 Å². The van der Waals surface area contributed by atoms with Crippen LogP contribution in [0.25, 0.3) is 0 Å². The van der Waals surface area contributed by atoms with Crippen molar-refractivity contribution in [2.75, 3.05) is 6.54 Å². The lowest BCUT2D eigenvalue weighted by atomic mass is 10.0. The Balaban J connectivity index is 5.15. The van der Waals surface area contributed by atoms with Crippen LogP contribution in [0.1, 0.15) is 20.8 Å². The Kier molecular flexibility index (Phi) is 5.60. The minimum atomic E-state index is -0.900. The van der Waals surface area contributed by atoms with E-state index in [4.69, 9.17) is 5.73 Å². The van der Waals surface area contributed by atoms with E-state index in [0.29, 0.717) is 0 Å². The van der Waals surface area contributed by atoms with Crippen LogP contribution in [0, 0.1) is 5.92 Å². The fraction of sp³-hybridized carbons (Fsp3) is 0.545. The molecule has 0 aliphatic rings. The third-order valence-corrected chi connectivity index (χ3v) is 2.18. The van der Waals surface area contributed by atoms with Gasteiger partial charge >= 0.3 is 0 Å². The second-order valence-electron chi connectivity index (χ2n) is 3.74. The smallest absolute Gasteiger partial charge is 0.253 e. The number of amides is 2. The Morgan fingerprint density at radius 3 is 2.12 bits per heavy atom. The van der Waals surface area contributed by atoms with E-state index in [0.717, 1.165) is 11.0 Å². The molecule has 1 atom stereocenters. The molecule has 0 aromatic carbocycles. The maximum Gasteiger partial charge on any atom is 0.253 e. The lowest BCUT2D eigenvalue weighted by molar-refractivity contribution is -0.148. The van der Waals surface area contributed by atoms with Gasteiger partial charge in [-0.2, -0.15) is 0 Å². The summed E-state index contributed by atoms with van der Waals surface area (Å²) in [5.41, 5.74) is 5.44. The summed E-state index contributed by atoms with van der Waals surface area (Å²) in [6.07, 6.45) is 0.998. The molecule has 1 unspecified atom stereocenters. The van der Waals surface area contributed by atoms with Gasteiger partial charge in [0.05, 0.1) is 0 Å². The first-order valence-corrected chi connectivity index (χ1v) is 5.06. The van der Waals surface area contributed by atoms with Crippen molar-refractivity contribution in [2.45, 2.75) is 26.8 Å². The van der Waals surface area contributed by atoms with Crippen LogP contribution < -0.4 is 5.73 Å². The maximum absolute atomic E-state index is 11.8. The van der Waals surface area contributed by atoms with E-state index >= 15 is 0 Å². The number of carbonyl (C=O) groups is 3. The van der Waals surface area contributed by atoms with Gasteiger partial charge in [0.1, 0.15) is 6.04 Å². The summed E-state index contributed by atoms with van der Waals surface area (Å²) in [5.74, 6) is -1.62. The quantitative estimate of drug-likeness (QED) is 0.674. The fourth-order valence-electron chi connectivity index (χ4n) is 1.36. The van der Waals surface area contributed by atoms with Crippen LogP contribution in [0.3, 0.4) is 0 Å². The Bertz CT molecular complexity index is 310. The zero-order valence-corrected chi connectivity index (χ0v) is 9.90. The summed E-state index contributed by atoms with van der Waals surface area (Å²) in [6.45, 7) is 7.83. The molecule has 0 spiro atoms. The van der Waals surface area contributed by atoms with Crippen LogP contribution in [0.4, 0.5) is 0 Å². The molecule has 16 heavy (non-hydrogen) atoms. The summed E-state index contributed by atoms with van der Waals surface area (Å²) < 4.78 is 0. The van der Waals surface area contributed by atoms with Crippen LogP contribution in [0.2, 0.25) is 0 Å². The van der Waals surface area contributed by atoms with Crippen molar-refractivity contribution >= 4 is 17.6 Å². The molecular weight excluding hydrogens is 208 g/mol. The van der Waals surface area contributed by atoms with Crippen molar-refractivity contribution in [1.82, 2.24) is 4.90 Å². The molecule has 0 bridgehead atoms. The summed E-state index contributed by atoms with van der Waals surface area (Å²) in [7, 11) is 0. The zero-order valence-electron chi connectivity index (χ0n) is 9.90. The van der Waals surface area contributed by atoms with E-state index in [1.54, 1.807) is 13.8 Å². The number of imide groups is 1. The highest BCUT2D eigenvalue weighted by molar-refractivity contribution is 6.04. The van der Waals surface area contributed by atoms with E-state index in [-0.39, 0.29) is 18.2 Å². The van der Waals surface area contributed by atoms with Gasteiger partial charge < -0.3 is 5.73 Å². The monoisotopic (exact) mass is 226 g/mol. The normalized spacial score (nSPS) is 12.1. The molecule has 0 aliphatic carbocycles. The largest absolute Gasteiger partial charge is 0.328 e. The average molecular weight is 226 g/mol. The number of carbonyl (C=O) groups excluding carboxylic acids is 3. The van der Waals surface area contributed by atoms with Gasteiger partial charge in [-0.05, 0) is 6.08 Å². The first-order valence-electron chi connectivity index (χ1n) is 5.06. The lowest BCUT2D eigenvalue weighted by Gasteiger charge is -2.27. The number of nitrogens with two attached hydrogens (primary N) is 1. The maximum atomic E-state index is 11.8. The SMILES string of the molecule is C=CC(=O)N(C(C)=O)C(CN)C(=O)C(C)C. The van der Waals surface area contributed by atoms with Crippen LogP contribution in [-0.2, 0) is 14.4 Å². The van der Waals surface area contributed by atoms with Gasteiger partial charge in [-0.15, -0.1) is 0 Å². The topological polar surface area (TPSA) is 80.5 Å². The van der Waals surface area contributed by atoms with E-state index in [1.165, 1.54) is 6.92 Å². The minimum absolute atomic E-state index is 0.0732. The van der Waals surface area contributed by atoms with Crippen molar-refractivity contribution in [1.29, 1.82) is 0 Å². The number of rotatable bonds is 5. The summed E-state index contributed by atoms with van der Waals surface area (Å²) in [6, 6.07) is -0.900. The third-order valence-electron chi connectivity index (χ3n) is 2.18. The highest BCUT2D eigenvalue weighted by Gasteiger charge is 2.31. The van der Waals surface area contributed by atoms with Crippen molar-refractivity contribution in [3.63, 3.8) is 0 Å². The molecule has 0 aromatic rings. The van der Waals surface area contributed by atoms with Crippen LogP contribution >= 0.6 is 0 Å². The summed E-state index contributed by atoms with van der Waals surface area (Å²) >= 11 is 0. The van der Waals surface area contributed by atoms with E-state index in [2.05, 4.69) is 6.58 Å². The predicted molar refractivity (Wildman–Crippen MR) is 60.4 cm³/mol. The number of Topliss-reactive ketones (excluding diaryl/α,β-unsaturated/α-hetero) is 1. The first-order chi connectivity index (χ1) is 7.36. The fourth-order valence-corrected chi connectivity index (χ4v) is 1.36. The van der Waals surface area contributed by atoms with Crippen LogP contribution in [0.15, 0.2) is 12.7 Å². The van der Waals surface area contributed by atoms with Crippen molar-refractivity contribution in [3.8, 4) is 0 Å². The number of nitrogens with zero attached hydrogens (tertiary/aromatic N) is 1. The highest BCUT2D eigenvalue weighted by Crippen LogP contribution is 2.08. The molecule has 5 nitrogen and oxygen atoms in total. The predicted octanol–water partition coefficient (Wildman–Crippen LogP) is 0.0999. The average Bonchev–Trinajstić information content (AvgIpc) is 2.22. The molecule has 2 N–H and O–H groups in total. The van der Waals surface area contributed by atoms with Gasteiger partial charge in [-0.1, -0.05) is 20.4 Å². The Hall–Kier alpha value is -1.49. The summed E-state index contributed by atoms with van der Waals surface area (Å²) in [5, 5.41) is 0. The first kappa shape index (κ1) is 14.5. The molecule has 5 heteroatoms. The molecule has 0 heterocycles. The molecule has 0 aliphatic heterocycles. The van der Waals surface area contributed by atoms with E-state index < -0.39 is 17.9 Å². The number of hydrogen-bond acceptors (Lipinski definition) is 4. The lowest BCUT2D eigenvalue weighted by Crippen LogP contribution is -2.52. The molecule has 0 saturated carbocycles. The number of hydrogen-bond donors (Lipinski definition) is 1. The second kappa shape index (κ2) is 6.17. The second-order valence-corrected chi connectivity index (χ2v) is 3.74. The molecule has 0 fully saturated rings. The zero-order chi connectivity index (χ0) is 12.9. The van der Waals surface area contributed by atoms with E-state index in [9.17, 15) is 14.4 Å². The Labute approximate surface area is 95.3 Å².